The summed E-state index contributed by atoms with van der Waals surface area (Å²) >= 11 is 0. The molecule has 1 amide bonds. The molecule has 0 bridgehead atoms. The average molecular weight is 416 g/mol. The van der Waals surface area contributed by atoms with Crippen LogP contribution in [-0.4, -0.2) is 23.3 Å². The van der Waals surface area contributed by atoms with Crippen LogP contribution in [0.15, 0.2) is 72.8 Å². The Hall–Kier alpha value is -3.18. The van der Waals surface area contributed by atoms with Gasteiger partial charge in [0.25, 0.3) is 0 Å². The van der Waals surface area contributed by atoms with Crippen LogP contribution in [0.3, 0.4) is 0 Å². The molecular weight excluding hydrogens is 391 g/mol. The SMILES string of the molecule is O=C(O)NC(Cc1ccccc1)[C@@H]1C[C@@H]2c3ccccc3Cc3ccc(F)cc3[C@H]2N1. The van der Waals surface area contributed by atoms with Crippen LogP contribution in [0, 0.1) is 5.82 Å². The minimum absolute atomic E-state index is 0.0479. The zero-order valence-electron chi connectivity index (χ0n) is 17.1. The van der Waals surface area contributed by atoms with E-state index < -0.39 is 6.09 Å². The molecule has 1 fully saturated rings. The lowest BCUT2D eigenvalue weighted by Gasteiger charge is -2.25. The predicted octanol–water partition coefficient (Wildman–Crippen LogP) is 4.80. The summed E-state index contributed by atoms with van der Waals surface area (Å²) in [7, 11) is 0. The molecular formula is C26H25FN2O2. The highest BCUT2D eigenvalue weighted by molar-refractivity contribution is 5.65. The van der Waals surface area contributed by atoms with E-state index in [4.69, 9.17) is 0 Å². The van der Waals surface area contributed by atoms with E-state index in [9.17, 15) is 14.3 Å². The smallest absolute Gasteiger partial charge is 0.404 e. The number of rotatable bonds is 4. The summed E-state index contributed by atoms with van der Waals surface area (Å²) in [6, 6.07) is 23.0. The monoisotopic (exact) mass is 416 g/mol. The summed E-state index contributed by atoms with van der Waals surface area (Å²) in [5.74, 6) is -0.0729. The molecule has 0 saturated carbocycles. The molecule has 1 heterocycles. The Kier molecular flexibility index (Phi) is 5.20. The minimum atomic E-state index is -1.03. The van der Waals surface area contributed by atoms with Crippen LogP contribution in [-0.2, 0) is 12.8 Å². The van der Waals surface area contributed by atoms with Gasteiger partial charge in [-0.1, -0.05) is 60.7 Å². The molecule has 1 unspecified atom stereocenters. The zero-order valence-corrected chi connectivity index (χ0v) is 17.1. The molecule has 0 spiro atoms. The zero-order chi connectivity index (χ0) is 21.4. The number of carbonyl (C=O) groups is 1. The van der Waals surface area contributed by atoms with Gasteiger partial charge in [-0.2, -0.15) is 0 Å². The number of fused-ring (bicyclic) bond motifs is 5. The van der Waals surface area contributed by atoms with Crippen molar-refractivity contribution >= 4 is 6.09 Å². The standard InChI is InChI=1S/C26H25FN2O2/c27-19-11-10-18-13-17-8-4-5-9-20(17)22-15-24(28-25(22)21(18)14-19)23(29-26(30)31)12-16-6-2-1-3-7-16/h1-11,14,22-25,28-29H,12-13,15H2,(H,30,31)/t22-,23?,24+,25-/m1/s1. The van der Waals surface area contributed by atoms with Gasteiger partial charge in [-0.05, 0) is 59.2 Å². The Morgan fingerprint density at radius 2 is 1.77 bits per heavy atom. The van der Waals surface area contributed by atoms with Crippen molar-refractivity contribution in [2.24, 2.45) is 0 Å². The number of carboxylic acid groups (broad SMARTS) is 1. The normalized spacial score (nSPS) is 22.5. The number of halogens is 1. The fraction of sp³-hybridized carbons (Fsp3) is 0.269. The summed E-state index contributed by atoms with van der Waals surface area (Å²) in [5.41, 5.74) is 5.73. The van der Waals surface area contributed by atoms with E-state index >= 15 is 0 Å². The van der Waals surface area contributed by atoms with Gasteiger partial charge in [0.2, 0.25) is 0 Å². The predicted molar refractivity (Wildman–Crippen MR) is 118 cm³/mol. The van der Waals surface area contributed by atoms with Crippen molar-refractivity contribution in [2.45, 2.75) is 43.3 Å². The Morgan fingerprint density at radius 3 is 2.58 bits per heavy atom. The van der Waals surface area contributed by atoms with E-state index in [2.05, 4.69) is 28.8 Å². The van der Waals surface area contributed by atoms with Crippen LogP contribution in [0.2, 0.25) is 0 Å². The molecule has 3 aromatic rings. The highest BCUT2D eigenvalue weighted by atomic mass is 19.1. The van der Waals surface area contributed by atoms with E-state index in [0.717, 1.165) is 29.5 Å². The van der Waals surface area contributed by atoms with Gasteiger partial charge in [-0.15, -0.1) is 0 Å². The minimum Gasteiger partial charge on any atom is -0.465 e. The molecule has 2 aliphatic rings. The molecule has 0 radical (unpaired) electrons. The Bertz CT molecular complexity index is 1100. The largest absolute Gasteiger partial charge is 0.465 e. The summed E-state index contributed by atoms with van der Waals surface area (Å²) in [6.45, 7) is 0. The first kappa shape index (κ1) is 19.8. The van der Waals surface area contributed by atoms with Gasteiger partial charge in [0.15, 0.2) is 0 Å². The van der Waals surface area contributed by atoms with Gasteiger partial charge in [-0.3, -0.25) is 0 Å². The molecule has 1 aliphatic carbocycles. The topological polar surface area (TPSA) is 61.4 Å². The van der Waals surface area contributed by atoms with Gasteiger partial charge in [0.1, 0.15) is 5.82 Å². The molecule has 3 aromatic carbocycles. The number of amides is 1. The first-order valence-electron chi connectivity index (χ1n) is 10.7. The molecule has 0 aromatic heterocycles. The van der Waals surface area contributed by atoms with Gasteiger partial charge in [-0.25, -0.2) is 9.18 Å². The third-order valence-corrected chi connectivity index (χ3v) is 6.68. The maximum absolute atomic E-state index is 14.2. The molecule has 1 saturated heterocycles. The van der Waals surface area contributed by atoms with Crippen molar-refractivity contribution in [1.29, 1.82) is 0 Å². The van der Waals surface area contributed by atoms with E-state index in [-0.39, 0.29) is 29.9 Å². The first-order valence-corrected chi connectivity index (χ1v) is 10.7. The van der Waals surface area contributed by atoms with Crippen molar-refractivity contribution in [2.75, 3.05) is 0 Å². The molecule has 158 valence electrons. The van der Waals surface area contributed by atoms with E-state index in [1.807, 2.05) is 42.5 Å². The van der Waals surface area contributed by atoms with Crippen molar-refractivity contribution in [1.82, 2.24) is 10.6 Å². The van der Waals surface area contributed by atoms with Crippen LogP contribution in [0.25, 0.3) is 0 Å². The summed E-state index contributed by atoms with van der Waals surface area (Å²) in [4.78, 5) is 11.6. The summed E-state index contributed by atoms with van der Waals surface area (Å²) < 4.78 is 14.2. The van der Waals surface area contributed by atoms with Gasteiger partial charge >= 0.3 is 6.09 Å². The molecule has 3 N–H and O–H groups in total. The van der Waals surface area contributed by atoms with Gasteiger partial charge in [0.05, 0.1) is 6.04 Å². The number of hydrogen-bond acceptors (Lipinski definition) is 2. The Balaban J connectivity index is 1.52. The molecule has 5 heteroatoms. The molecule has 4 atom stereocenters. The molecule has 5 rings (SSSR count). The van der Waals surface area contributed by atoms with Crippen LogP contribution in [0.5, 0.6) is 0 Å². The number of nitrogens with one attached hydrogen (secondary N) is 2. The summed E-state index contributed by atoms with van der Waals surface area (Å²) in [6.07, 6.45) is 1.14. The maximum atomic E-state index is 14.2. The van der Waals surface area contributed by atoms with Crippen molar-refractivity contribution in [3.8, 4) is 0 Å². The van der Waals surface area contributed by atoms with Crippen molar-refractivity contribution < 1.29 is 14.3 Å². The lowest BCUT2D eigenvalue weighted by molar-refractivity contribution is 0.186. The average Bonchev–Trinajstić information content (AvgIpc) is 3.16. The highest BCUT2D eigenvalue weighted by Gasteiger charge is 2.42. The molecule has 31 heavy (non-hydrogen) atoms. The fourth-order valence-corrected chi connectivity index (χ4v) is 5.32. The second kappa shape index (κ2) is 8.16. The maximum Gasteiger partial charge on any atom is 0.404 e. The first-order chi connectivity index (χ1) is 15.1. The molecule has 1 aliphatic heterocycles. The van der Waals surface area contributed by atoms with Crippen LogP contribution < -0.4 is 10.6 Å². The van der Waals surface area contributed by atoms with Crippen molar-refractivity contribution in [3.63, 3.8) is 0 Å². The third kappa shape index (κ3) is 3.93. The second-order valence-electron chi connectivity index (χ2n) is 8.56. The summed E-state index contributed by atoms with van der Waals surface area (Å²) in [5, 5.41) is 15.9. The Labute approximate surface area is 181 Å². The highest BCUT2D eigenvalue weighted by Crippen LogP contribution is 2.46. The van der Waals surface area contributed by atoms with Crippen LogP contribution in [0.1, 0.15) is 46.2 Å². The lowest BCUT2D eigenvalue weighted by atomic mass is 9.85. The van der Waals surface area contributed by atoms with Gasteiger partial charge < -0.3 is 15.7 Å². The second-order valence-corrected chi connectivity index (χ2v) is 8.56. The van der Waals surface area contributed by atoms with E-state index in [0.29, 0.717) is 6.42 Å². The van der Waals surface area contributed by atoms with Crippen LogP contribution in [0.4, 0.5) is 9.18 Å². The Morgan fingerprint density at radius 1 is 1.03 bits per heavy atom. The lowest BCUT2D eigenvalue weighted by Crippen LogP contribution is -2.48. The number of benzene rings is 3. The number of hydrogen-bond donors (Lipinski definition) is 3. The van der Waals surface area contributed by atoms with E-state index in [1.54, 1.807) is 6.07 Å². The fourth-order valence-electron chi connectivity index (χ4n) is 5.32. The molecule has 4 nitrogen and oxygen atoms in total. The van der Waals surface area contributed by atoms with Crippen molar-refractivity contribution in [3.05, 3.63) is 106 Å². The van der Waals surface area contributed by atoms with E-state index in [1.165, 1.54) is 17.2 Å². The van der Waals surface area contributed by atoms with Crippen LogP contribution >= 0.6 is 0 Å². The quantitative estimate of drug-likeness (QED) is 0.573. The van der Waals surface area contributed by atoms with Gasteiger partial charge in [0, 0.05) is 18.0 Å². The third-order valence-electron chi connectivity index (χ3n) is 6.68.